The van der Waals surface area contributed by atoms with Crippen molar-refractivity contribution < 1.29 is 9.84 Å². The number of hydrogen-bond donors (Lipinski definition) is 1. The van der Waals surface area contributed by atoms with Crippen LogP contribution in [0.4, 0.5) is 0 Å². The van der Waals surface area contributed by atoms with Crippen LogP contribution in [0.2, 0.25) is 0 Å². The second kappa shape index (κ2) is 7.97. The predicted molar refractivity (Wildman–Crippen MR) is 87.3 cm³/mol. The van der Waals surface area contributed by atoms with Gasteiger partial charge in [0.15, 0.2) is 0 Å². The molecule has 0 unspecified atom stereocenters. The van der Waals surface area contributed by atoms with E-state index in [0.717, 1.165) is 13.0 Å². The van der Waals surface area contributed by atoms with Crippen LogP contribution in [0.25, 0.3) is 0 Å². The van der Waals surface area contributed by atoms with Crippen molar-refractivity contribution >= 4 is 0 Å². The maximum Gasteiger partial charge on any atom is 0.0900 e. The third kappa shape index (κ3) is 6.64. The van der Waals surface area contributed by atoms with E-state index in [9.17, 15) is 5.11 Å². The van der Waals surface area contributed by atoms with Crippen LogP contribution in [0.1, 0.15) is 46.7 Å². The maximum absolute atomic E-state index is 10.3. The van der Waals surface area contributed by atoms with Gasteiger partial charge < -0.3 is 14.4 Å². The van der Waals surface area contributed by atoms with E-state index in [1.807, 2.05) is 20.8 Å². The molecule has 1 N–H and O–H groups in total. The van der Waals surface area contributed by atoms with Gasteiger partial charge in [-0.3, -0.25) is 4.90 Å². The monoisotopic (exact) mass is 296 g/mol. The fourth-order valence-electron chi connectivity index (χ4n) is 2.20. The van der Waals surface area contributed by atoms with Crippen LogP contribution in [0, 0.1) is 0 Å². The van der Waals surface area contributed by atoms with Crippen molar-refractivity contribution in [3.05, 3.63) is 24.0 Å². The summed E-state index contributed by atoms with van der Waals surface area (Å²) in [5.41, 5.74) is 1.06. The zero-order valence-electron chi connectivity index (χ0n) is 14.5. The largest absolute Gasteiger partial charge is 0.389 e. The molecule has 4 nitrogen and oxygen atoms in total. The smallest absolute Gasteiger partial charge is 0.0900 e. The summed E-state index contributed by atoms with van der Waals surface area (Å²) in [6.45, 7) is 12.3. The minimum Gasteiger partial charge on any atom is -0.389 e. The van der Waals surface area contributed by atoms with Gasteiger partial charge in [-0.2, -0.15) is 0 Å². The Morgan fingerprint density at radius 2 is 2.05 bits per heavy atom. The van der Waals surface area contributed by atoms with Crippen molar-refractivity contribution in [1.29, 1.82) is 0 Å². The molecule has 0 radical (unpaired) electrons. The normalized spacial score (nSPS) is 15.4. The number of aliphatic hydroxyl groups excluding tert-OH is 1. The molecule has 0 saturated heterocycles. The average Bonchev–Trinajstić information content (AvgIpc) is 2.79. The molecule has 0 saturated carbocycles. The highest BCUT2D eigenvalue weighted by molar-refractivity contribution is 5.06. The number of aliphatic hydroxyl groups is 1. The fourth-order valence-corrected chi connectivity index (χ4v) is 2.20. The molecule has 1 aromatic heterocycles. The first-order valence-corrected chi connectivity index (χ1v) is 7.89. The Balaban J connectivity index is 2.60. The number of nitrogens with zero attached hydrogens (tertiary/aromatic N) is 2. The van der Waals surface area contributed by atoms with Crippen LogP contribution >= 0.6 is 0 Å². The van der Waals surface area contributed by atoms with E-state index in [2.05, 4.69) is 48.7 Å². The summed E-state index contributed by atoms with van der Waals surface area (Å²) in [6.07, 6.45) is 2.67. The van der Waals surface area contributed by atoms with Crippen LogP contribution in [-0.2, 0) is 18.3 Å². The summed E-state index contributed by atoms with van der Waals surface area (Å²) in [5.74, 6) is 0. The third-order valence-corrected chi connectivity index (χ3v) is 3.78. The molecule has 2 atom stereocenters. The highest BCUT2D eigenvalue weighted by atomic mass is 16.5. The molecular formula is C17H32N2O2. The van der Waals surface area contributed by atoms with Gasteiger partial charge in [-0.25, -0.2) is 0 Å². The molecule has 0 aliphatic carbocycles. The Kier molecular flexibility index (Phi) is 6.91. The summed E-state index contributed by atoms with van der Waals surface area (Å²) in [6, 6.07) is 4.63. The van der Waals surface area contributed by atoms with Crippen LogP contribution in [0.5, 0.6) is 0 Å². The van der Waals surface area contributed by atoms with Gasteiger partial charge in [0.05, 0.1) is 18.3 Å². The van der Waals surface area contributed by atoms with Gasteiger partial charge >= 0.3 is 0 Å². The topological polar surface area (TPSA) is 37.6 Å². The van der Waals surface area contributed by atoms with Gasteiger partial charge in [0.25, 0.3) is 0 Å². The Labute approximate surface area is 129 Å². The van der Waals surface area contributed by atoms with Crippen molar-refractivity contribution in [1.82, 2.24) is 9.47 Å². The quantitative estimate of drug-likeness (QED) is 0.801. The Bertz CT molecular complexity index is 409. The summed E-state index contributed by atoms with van der Waals surface area (Å²) >= 11 is 0. The predicted octanol–water partition coefficient (Wildman–Crippen LogP) is 2.80. The zero-order valence-corrected chi connectivity index (χ0v) is 14.5. The van der Waals surface area contributed by atoms with E-state index in [-0.39, 0.29) is 5.60 Å². The number of aromatic nitrogens is 1. The van der Waals surface area contributed by atoms with Gasteiger partial charge in [0.1, 0.15) is 0 Å². The van der Waals surface area contributed by atoms with Crippen molar-refractivity contribution in [3.63, 3.8) is 0 Å². The second-order valence-corrected chi connectivity index (χ2v) is 6.87. The van der Waals surface area contributed by atoms with Crippen molar-refractivity contribution in [2.45, 2.75) is 65.3 Å². The van der Waals surface area contributed by atoms with Crippen LogP contribution < -0.4 is 0 Å². The molecule has 1 aromatic rings. The van der Waals surface area contributed by atoms with Crippen molar-refractivity contribution in [2.75, 3.05) is 13.2 Å². The van der Waals surface area contributed by atoms with E-state index in [1.165, 1.54) is 5.69 Å². The first kappa shape index (κ1) is 18.2. The number of rotatable bonds is 8. The second-order valence-electron chi connectivity index (χ2n) is 6.87. The molecule has 0 spiro atoms. The molecule has 0 amide bonds. The first-order valence-electron chi connectivity index (χ1n) is 7.89. The summed E-state index contributed by atoms with van der Waals surface area (Å²) in [4.78, 5) is 2.33. The molecule has 1 heterocycles. The van der Waals surface area contributed by atoms with E-state index < -0.39 is 6.10 Å². The molecule has 4 heteroatoms. The third-order valence-electron chi connectivity index (χ3n) is 3.78. The maximum atomic E-state index is 10.3. The molecule has 0 aliphatic heterocycles. The van der Waals surface area contributed by atoms with E-state index in [1.54, 1.807) is 0 Å². The Morgan fingerprint density at radius 3 is 2.52 bits per heavy atom. The van der Waals surface area contributed by atoms with Gasteiger partial charge in [0.2, 0.25) is 0 Å². The number of aryl methyl sites for hydroxylation is 1. The molecule has 0 bridgehead atoms. The van der Waals surface area contributed by atoms with E-state index >= 15 is 0 Å². The van der Waals surface area contributed by atoms with Gasteiger partial charge in [-0.05, 0) is 46.2 Å². The summed E-state index contributed by atoms with van der Waals surface area (Å²) < 4.78 is 7.81. The van der Waals surface area contributed by atoms with Gasteiger partial charge in [-0.15, -0.1) is 0 Å². The lowest BCUT2D eigenvalue weighted by Crippen LogP contribution is -2.41. The highest BCUT2D eigenvalue weighted by Gasteiger charge is 2.20. The Hall–Kier alpha value is -0.840. The molecule has 21 heavy (non-hydrogen) atoms. The zero-order chi connectivity index (χ0) is 16.0. The van der Waals surface area contributed by atoms with Crippen LogP contribution in [-0.4, -0.2) is 45.5 Å². The highest BCUT2D eigenvalue weighted by Crippen LogP contribution is 2.13. The van der Waals surface area contributed by atoms with Crippen LogP contribution in [0.3, 0.4) is 0 Å². The number of hydrogen-bond acceptors (Lipinski definition) is 3. The average molecular weight is 296 g/mol. The molecule has 0 aliphatic rings. The van der Waals surface area contributed by atoms with Crippen molar-refractivity contribution in [2.24, 2.45) is 7.05 Å². The standard InChI is InChI=1S/C17H32N2O2/c1-7-14(2)19(11-15-9-8-10-18(15)6)12-16(20)13-21-17(3,4)5/h8-10,14,16,20H,7,11-13H2,1-6H3/t14-,16-/m0/s1. The van der Waals surface area contributed by atoms with Crippen molar-refractivity contribution in [3.8, 4) is 0 Å². The molecule has 122 valence electrons. The number of ether oxygens (including phenoxy) is 1. The summed E-state index contributed by atoms with van der Waals surface area (Å²) in [5, 5.41) is 10.3. The van der Waals surface area contributed by atoms with Gasteiger partial charge in [0, 0.05) is 38.1 Å². The molecule has 0 fully saturated rings. The lowest BCUT2D eigenvalue weighted by molar-refractivity contribution is -0.0594. The molecule has 1 rings (SSSR count). The van der Waals surface area contributed by atoms with Crippen LogP contribution in [0.15, 0.2) is 18.3 Å². The van der Waals surface area contributed by atoms with E-state index in [4.69, 9.17) is 4.74 Å². The fraction of sp³-hybridized carbons (Fsp3) is 0.765. The minimum absolute atomic E-state index is 0.208. The lowest BCUT2D eigenvalue weighted by Gasteiger charge is -2.31. The van der Waals surface area contributed by atoms with Gasteiger partial charge in [-0.1, -0.05) is 6.92 Å². The molecular weight excluding hydrogens is 264 g/mol. The first-order chi connectivity index (χ1) is 9.73. The summed E-state index contributed by atoms with van der Waals surface area (Å²) in [7, 11) is 2.06. The Morgan fingerprint density at radius 1 is 1.38 bits per heavy atom. The lowest BCUT2D eigenvalue weighted by atomic mass is 10.1. The minimum atomic E-state index is -0.460. The van der Waals surface area contributed by atoms with E-state index in [0.29, 0.717) is 19.2 Å². The SMILES string of the molecule is CC[C@H](C)N(Cc1cccn1C)C[C@H](O)COC(C)(C)C. The molecule has 0 aromatic carbocycles.